The first-order valence-corrected chi connectivity index (χ1v) is 8.60. The maximum absolute atomic E-state index is 13.3. The van der Waals surface area contributed by atoms with E-state index in [4.69, 9.17) is 4.74 Å². The number of methoxy groups -OCH3 is 1. The smallest absolute Gasteiger partial charge is 0.251 e. The number of carbonyl (C=O) groups excluding carboxylic acids is 1. The third kappa shape index (κ3) is 5.02. The summed E-state index contributed by atoms with van der Waals surface area (Å²) in [6.45, 7) is 5.98. The van der Waals surface area contributed by atoms with Gasteiger partial charge in [-0.25, -0.2) is 8.78 Å². The third-order valence-corrected chi connectivity index (χ3v) is 4.31. The van der Waals surface area contributed by atoms with Gasteiger partial charge in [0.2, 0.25) is 0 Å². The van der Waals surface area contributed by atoms with E-state index < -0.39 is 17.5 Å². The van der Waals surface area contributed by atoms with E-state index in [9.17, 15) is 13.6 Å². The van der Waals surface area contributed by atoms with Crippen LogP contribution in [0.4, 0.5) is 8.78 Å². The maximum atomic E-state index is 13.3. The summed E-state index contributed by atoms with van der Waals surface area (Å²) in [4.78, 5) is 14.5. The van der Waals surface area contributed by atoms with Crippen LogP contribution in [0.2, 0.25) is 0 Å². The number of benzene rings is 2. The summed E-state index contributed by atoms with van der Waals surface area (Å²) in [5.74, 6) is -1.33. The molecule has 0 aliphatic carbocycles. The van der Waals surface area contributed by atoms with E-state index in [-0.39, 0.29) is 11.6 Å². The molecule has 6 heteroatoms. The minimum atomic E-state index is -0.775. The minimum absolute atomic E-state index is 0.0357. The SMILES string of the molecule is CCN(CC)C(CNC(=O)c1cc(F)cc(F)c1)c1cccc(OC)c1. The van der Waals surface area contributed by atoms with Gasteiger partial charge in [0.1, 0.15) is 17.4 Å². The molecule has 140 valence electrons. The Morgan fingerprint density at radius 1 is 1.12 bits per heavy atom. The van der Waals surface area contributed by atoms with Crippen LogP contribution in [0.5, 0.6) is 5.75 Å². The molecular formula is C20H24F2N2O2. The second kappa shape index (κ2) is 9.29. The highest BCUT2D eigenvalue weighted by atomic mass is 19.1. The molecule has 0 bridgehead atoms. The van der Waals surface area contributed by atoms with Gasteiger partial charge in [-0.1, -0.05) is 26.0 Å². The second-order valence-corrected chi connectivity index (χ2v) is 5.88. The van der Waals surface area contributed by atoms with Crippen LogP contribution >= 0.6 is 0 Å². The summed E-state index contributed by atoms with van der Waals surface area (Å²) < 4.78 is 31.9. The lowest BCUT2D eigenvalue weighted by Gasteiger charge is -2.30. The van der Waals surface area contributed by atoms with Crippen LogP contribution in [0.1, 0.15) is 35.8 Å². The molecule has 1 atom stereocenters. The molecule has 2 aromatic carbocycles. The number of nitrogens with zero attached hydrogens (tertiary/aromatic N) is 1. The number of carbonyl (C=O) groups is 1. The Bertz CT molecular complexity index is 728. The van der Waals surface area contributed by atoms with Crippen LogP contribution < -0.4 is 10.1 Å². The highest BCUT2D eigenvalue weighted by Gasteiger charge is 2.20. The average molecular weight is 362 g/mol. The fourth-order valence-corrected chi connectivity index (χ4v) is 2.95. The average Bonchev–Trinajstić information content (AvgIpc) is 2.64. The quantitative estimate of drug-likeness (QED) is 0.777. The molecule has 4 nitrogen and oxygen atoms in total. The summed E-state index contributed by atoms with van der Waals surface area (Å²) in [5, 5.41) is 2.78. The first-order chi connectivity index (χ1) is 12.5. The number of rotatable bonds is 8. The van der Waals surface area contributed by atoms with Crippen LogP contribution in [-0.4, -0.2) is 37.6 Å². The van der Waals surface area contributed by atoms with Crippen LogP contribution in [0.25, 0.3) is 0 Å². The van der Waals surface area contributed by atoms with Crippen molar-refractivity contribution in [3.05, 3.63) is 65.2 Å². The highest BCUT2D eigenvalue weighted by molar-refractivity contribution is 5.94. The molecule has 1 unspecified atom stereocenters. The minimum Gasteiger partial charge on any atom is -0.497 e. The normalized spacial score (nSPS) is 12.1. The van der Waals surface area contributed by atoms with Gasteiger partial charge < -0.3 is 10.1 Å². The van der Waals surface area contributed by atoms with Gasteiger partial charge in [-0.05, 0) is 42.9 Å². The van der Waals surface area contributed by atoms with Gasteiger partial charge in [0.05, 0.1) is 13.2 Å². The van der Waals surface area contributed by atoms with Crippen molar-refractivity contribution in [2.45, 2.75) is 19.9 Å². The predicted molar refractivity (Wildman–Crippen MR) is 97.3 cm³/mol. The molecule has 1 amide bonds. The lowest BCUT2D eigenvalue weighted by Crippen LogP contribution is -2.38. The number of hydrogen-bond acceptors (Lipinski definition) is 3. The lowest BCUT2D eigenvalue weighted by atomic mass is 10.0. The van der Waals surface area contributed by atoms with Crippen molar-refractivity contribution >= 4 is 5.91 Å². The van der Waals surface area contributed by atoms with Gasteiger partial charge >= 0.3 is 0 Å². The van der Waals surface area contributed by atoms with E-state index in [2.05, 4.69) is 10.2 Å². The first-order valence-electron chi connectivity index (χ1n) is 8.60. The monoisotopic (exact) mass is 362 g/mol. The zero-order chi connectivity index (χ0) is 19.1. The van der Waals surface area contributed by atoms with E-state index in [1.165, 1.54) is 0 Å². The zero-order valence-electron chi connectivity index (χ0n) is 15.3. The van der Waals surface area contributed by atoms with E-state index in [0.717, 1.165) is 42.6 Å². The number of nitrogens with one attached hydrogen (secondary N) is 1. The molecule has 2 rings (SSSR count). The Morgan fingerprint density at radius 3 is 2.35 bits per heavy atom. The van der Waals surface area contributed by atoms with E-state index in [0.29, 0.717) is 6.54 Å². The topological polar surface area (TPSA) is 41.6 Å². The predicted octanol–water partition coefficient (Wildman–Crippen LogP) is 3.79. The van der Waals surface area contributed by atoms with Crippen LogP contribution in [0.3, 0.4) is 0 Å². The van der Waals surface area contributed by atoms with Crippen molar-refractivity contribution in [3.63, 3.8) is 0 Å². The first kappa shape index (κ1) is 19.8. The Hall–Kier alpha value is -2.47. The Morgan fingerprint density at radius 2 is 1.77 bits per heavy atom. The second-order valence-electron chi connectivity index (χ2n) is 5.88. The Labute approximate surface area is 152 Å². The molecule has 0 fully saturated rings. The summed E-state index contributed by atoms with van der Waals surface area (Å²) in [6.07, 6.45) is 0. The molecule has 0 radical (unpaired) electrons. The van der Waals surface area contributed by atoms with Crippen molar-refractivity contribution in [2.75, 3.05) is 26.7 Å². The summed E-state index contributed by atoms with van der Waals surface area (Å²) in [7, 11) is 1.60. The van der Waals surface area contributed by atoms with Crippen LogP contribution in [0, 0.1) is 11.6 Å². The standard InChI is InChI=1S/C20H24F2N2O2/c1-4-24(5-2)19(14-7-6-8-18(11-14)26-3)13-23-20(25)15-9-16(21)12-17(22)10-15/h6-12,19H,4-5,13H2,1-3H3,(H,23,25). The van der Waals surface area contributed by atoms with Crippen LogP contribution in [-0.2, 0) is 0 Å². The summed E-state index contributed by atoms with van der Waals surface area (Å²) in [5.41, 5.74) is 0.963. The van der Waals surface area contributed by atoms with Crippen molar-refractivity contribution < 1.29 is 18.3 Å². The Balaban J connectivity index is 2.19. The molecule has 0 aliphatic rings. The molecule has 2 aromatic rings. The fraction of sp³-hybridized carbons (Fsp3) is 0.350. The fourth-order valence-electron chi connectivity index (χ4n) is 2.95. The van der Waals surface area contributed by atoms with Crippen molar-refractivity contribution in [3.8, 4) is 5.75 Å². The van der Waals surface area contributed by atoms with Crippen molar-refractivity contribution in [1.29, 1.82) is 0 Å². The van der Waals surface area contributed by atoms with E-state index in [1.807, 2.05) is 38.1 Å². The highest BCUT2D eigenvalue weighted by Crippen LogP contribution is 2.24. The van der Waals surface area contributed by atoms with Gasteiger partial charge in [-0.2, -0.15) is 0 Å². The van der Waals surface area contributed by atoms with Gasteiger partial charge in [0, 0.05) is 18.2 Å². The number of hydrogen-bond donors (Lipinski definition) is 1. The third-order valence-electron chi connectivity index (χ3n) is 4.31. The number of amides is 1. The number of ether oxygens (including phenoxy) is 1. The summed E-state index contributed by atoms with van der Waals surface area (Å²) in [6, 6.07) is 10.4. The van der Waals surface area contributed by atoms with E-state index in [1.54, 1.807) is 7.11 Å². The van der Waals surface area contributed by atoms with Gasteiger partial charge in [0.25, 0.3) is 5.91 Å². The summed E-state index contributed by atoms with van der Waals surface area (Å²) >= 11 is 0. The molecule has 0 saturated heterocycles. The Kier molecular flexibility index (Phi) is 7.09. The van der Waals surface area contributed by atoms with Gasteiger partial charge in [-0.3, -0.25) is 9.69 Å². The number of likely N-dealkylation sites (N-methyl/N-ethyl adjacent to an activating group) is 1. The lowest BCUT2D eigenvalue weighted by molar-refractivity contribution is 0.0934. The van der Waals surface area contributed by atoms with Gasteiger partial charge in [0.15, 0.2) is 0 Å². The van der Waals surface area contributed by atoms with Crippen molar-refractivity contribution in [2.24, 2.45) is 0 Å². The molecule has 0 spiro atoms. The molecule has 0 heterocycles. The molecule has 0 saturated carbocycles. The molecule has 26 heavy (non-hydrogen) atoms. The zero-order valence-corrected chi connectivity index (χ0v) is 15.3. The number of halogens is 2. The van der Waals surface area contributed by atoms with Crippen molar-refractivity contribution in [1.82, 2.24) is 10.2 Å². The molecular weight excluding hydrogens is 338 g/mol. The van der Waals surface area contributed by atoms with Crippen LogP contribution in [0.15, 0.2) is 42.5 Å². The van der Waals surface area contributed by atoms with E-state index >= 15 is 0 Å². The maximum Gasteiger partial charge on any atom is 0.251 e. The molecule has 0 aliphatic heterocycles. The van der Waals surface area contributed by atoms with Gasteiger partial charge in [-0.15, -0.1) is 0 Å². The largest absolute Gasteiger partial charge is 0.497 e. The molecule has 0 aromatic heterocycles. The molecule has 1 N–H and O–H groups in total.